The molecule has 0 aromatic heterocycles. The van der Waals surface area contributed by atoms with Crippen LogP contribution in [0.5, 0.6) is 0 Å². The van der Waals surface area contributed by atoms with E-state index in [1.165, 1.54) is 20.1 Å². The van der Waals surface area contributed by atoms with Crippen molar-refractivity contribution in [2.45, 2.75) is 64.1 Å². The summed E-state index contributed by atoms with van der Waals surface area (Å²) < 4.78 is 43.8. The number of methoxy groups -OCH3 is 1. The van der Waals surface area contributed by atoms with Crippen LogP contribution in [0.1, 0.15) is 82.1 Å². The summed E-state index contributed by atoms with van der Waals surface area (Å²) in [6.45, 7) is 7.52. The van der Waals surface area contributed by atoms with Crippen molar-refractivity contribution in [2.24, 2.45) is 0 Å². The number of hydrogen-bond donors (Lipinski definition) is 2. The number of aliphatic hydroxyl groups is 2. The fraction of sp³-hybridized carbons (Fsp3) is 0.429. The molecule has 1 aliphatic rings. The second kappa shape index (κ2) is 16.5. The van der Waals surface area contributed by atoms with Gasteiger partial charge in [0.15, 0.2) is 12.0 Å². The maximum Gasteiger partial charge on any atom is 0.177 e. The molecule has 7 nitrogen and oxygen atoms in total. The van der Waals surface area contributed by atoms with Crippen LogP contribution in [0.15, 0.2) is 54.6 Å². The molecule has 1 fully saturated rings. The van der Waals surface area contributed by atoms with Crippen LogP contribution < -0.4 is 0 Å². The van der Waals surface area contributed by atoms with Gasteiger partial charge >= 0.3 is 0 Å². The van der Waals surface area contributed by atoms with E-state index in [0.717, 1.165) is 25.0 Å². The van der Waals surface area contributed by atoms with Crippen molar-refractivity contribution in [3.63, 3.8) is 0 Å². The highest BCUT2D eigenvalue weighted by molar-refractivity contribution is 6.30. The third kappa shape index (κ3) is 7.68. The van der Waals surface area contributed by atoms with E-state index < -0.39 is 22.8 Å². The number of hydrogen-bond acceptors (Lipinski definition) is 7. The molecule has 2 atom stereocenters. The Morgan fingerprint density at radius 3 is 2.11 bits per heavy atom. The second-order valence-corrected chi connectivity index (χ2v) is 11.2. The zero-order chi connectivity index (χ0) is 34.0. The lowest BCUT2D eigenvalue weighted by Crippen LogP contribution is -2.50. The summed E-state index contributed by atoms with van der Waals surface area (Å²) in [5, 5.41) is 18.8. The molecule has 3 aromatic rings. The number of ether oxygens (including phenoxy) is 2. The molecule has 1 heterocycles. The molecule has 0 radical (unpaired) electrons. The molecule has 2 N–H and O–H groups in total. The summed E-state index contributed by atoms with van der Waals surface area (Å²) in [4.78, 5) is 26.1. The summed E-state index contributed by atoms with van der Waals surface area (Å²) in [7, 11) is 4.07. The fourth-order valence-electron chi connectivity index (χ4n) is 5.74. The molecule has 246 valence electrons. The Hall–Kier alpha value is -3.05. The molecule has 0 amide bonds. The van der Waals surface area contributed by atoms with Crippen molar-refractivity contribution in [3.8, 4) is 0 Å². The number of aryl methyl sites for hydroxylation is 1. The number of rotatable bonds is 10. The first-order valence-corrected chi connectivity index (χ1v) is 15.1. The number of halogens is 3. The highest BCUT2D eigenvalue weighted by Gasteiger charge is 2.51. The smallest absolute Gasteiger partial charge is 0.177 e. The second-order valence-electron chi connectivity index (χ2n) is 10.7. The minimum atomic E-state index is -2.10. The van der Waals surface area contributed by atoms with Gasteiger partial charge in [-0.3, -0.25) is 14.5 Å². The molecule has 3 aromatic carbocycles. The molecule has 4 rings (SSSR count). The first-order valence-electron chi connectivity index (χ1n) is 14.7. The highest BCUT2D eigenvalue weighted by atomic mass is 35.5. The Labute approximate surface area is 269 Å². The van der Waals surface area contributed by atoms with Crippen molar-refractivity contribution in [2.75, 3.05) is 34.5 Å². The standard InChI is InChI=1S/C32H34ClF2NO5.C2H6.CH4O/c1-21-5-6-22(23(15-21)19-37)18-36(3)32(40-4,25-7-9-27(33)10-8-25)29-24(20-38)16-26(17-28(29)34)30(2,39)31(35)11-13-41-14-12-31;2*1-2/h5-10,15-17,19-20,39H,11-14,18H2,1-4H3;1-2H3;2H,1H3/t30-,32-;;/m1../s1. The van der Waals surface area contributed by atoms with Gasteiger partial charge < -0.3 is 19.7 Å². The Morgan fingerprint density at radius 1 is 1.00 bits per heavy atom. The van der Waals surface area contributed by atoms with Crippen molar-refractivity contribution < 1.29 is 38.1 Å². The zero-order valence-corrected chi connectivity index (χ0v) is 27.8. The minimum Gasteiger partial charge on any atom is -0.400 e. The van der Waals surface area contributed by atoms with Gasteiger partial charge in [0.25, 0.3) is 0 Å². The Bertz CT molecular complexity index is 1430. The predicted molar refractivity (Wildman–Crippen MR) is 172 cm³/mol. The summed E-state index contributed by atoms with van der Waals surface area (Å²) in [5.41, 5.74) is -3.71. The van der Waals surface area contributed by atoms with E-state index >= 15 is 8.78 Å². The molecular formula is C35H44ClF2NO6. The van der Waals surface area contributed by atoms with Crippen LogP contribution in [-0.4, -0.2) is 67.8 Å². The van der Waals surface area contributed by atoms with E-state index in [9.17, 15) is 14.7 Å². The zero-order valence-electron chi connectivity index (χ0n) is 27.0. The summed E-state index contributed by atoms with van der Waals surface area (Å²) in [6.07, 6.45) is 1.06. The van der Waals surface area contributed by atoms with E-state index in [1.54, 1.807) is 42.3 Å². The van der Waals surface area contributed by atoms with E-state index in [1.807, 2.05) is 32.9 Å². The van der Waals surface area contributed by atoms with Crippen LogP contribution >= 0.6 is 11.6 Å². The minimum absolute atomic E-state index is 0.0733. The predicted octanol–water partition coefficient (Wildman–Crippen LogP) is 6.75. The molecule has 0 bridgehead atoms. The lowest BCUT2D eigenvalue weighted by molar-refractivity contribution is -0.143. The molecule has 0 unspecified atom stereocenters. The molecule has 10 heteroatoms. The van der Waals surface area contributed by atoms with Crippen molar-refractivity contribution >= 4 is 24.2 Å². The van der Waals surface area contributed by atoms with Crippen LogP contribution in [0.4, 0.5) is 8.78 Å². The molecule has 0 spiro atoms. The largest absolute Gasteiger partial charge is 0.400 e. The van der Waals surface area contributed by atoms with Gasteiger partial charge in [0.2, 0.25) is 0 Å². The number of alkyl halides is 1. The van der Waals surface area contributed by atoms with Gasteiger partial charge in [-0.25, -0.2) is 8.78 Å². The maximum absolute atomic E-state index is 16.5. The molecular weight excluding hydrogens is 604 g/mol. The number of carbonyl (C=O) groups is 2. The van der Waals surface area contributed by atoms with E-state index in [-0.39, 0.29) is 49.3 Å². The van der Waals surface area contributed by atoms with Crippen molar-refractivity contribution in [3.05, 3.63) is 104 Å². The van der Waals surface area contributed by atoms with E-state index in [0.29, 0.717) is 28.0 Å². The summed E-state index contributed by atoms with van der Waals surface area (Å²) >= 11 is 6.17. The van der Waals surface area contributed by atoms with Gasteiger partial charge in [-0.2, -0.15) is 0 Å². The van der Waals surface area contributed by atoms with Crippen molar-refractivity contribution in [1.29, 1.82) is 0 Å². The van der Waals surface area contributed by atoms with Crippen molar-refractivity contribution in [1.82, 2.24) is 4.90 Å². The topological polar surface area (TPSA) is 96.3 Å². The van der Waals surface area contributed by atoms with Crippen LogP contribution in [0, 0.1) is 12.7 Å². The van der Waals surface area contributed by atoms with Gasteiger partial charge in [0.1, 0.15) is 23.4 Å². The van der Waals surface area contributed by atoms with Gasteiger partial charge in [-0.1, -0.05) is 55.3 Å². The van der Waals surface area contributed by atoms with Gasteiger partial charge in [-0.05, 0) is 62.4 Å². The number of carbonyl (C=O) groups excluding carboxylic acids is 2. The first-order chi connectivity index (χ1) is 21.4. The lowest BCUT2D eigenvalue weighted by atomic mass is 9.74. The number of aliphatic hydroxyl groups excluding tert-OH is 1. The Kier molecular flexibility index (Phi) is 14.0. The normalized spacial score (nSPS) is 16.6. The first kappa shape index (κ1) is 38.1. The molecule has 1 saturated heterocycles. The number of nitrogens with zero attached hydrogens (tertiary/aromatic N) is 1. The van der Waals surface area contributed by atoms with Crippen LogP contribution in [0.2, 0.25) is 5.02 Å². The molecule has 45 heavy (non-hydrogen) atoms. The monoisotopic (exact) mass is 647 g/mol. The Morgan fingerprint density at radius 2 is 1.58 bits per heavy atom. The van der Waals surface area contributed by atoms with Crippen LogP contribution in [-0.2, 0) is 27.3 Å². The molecule has 0 aliphatic carbocycles. The number of benzene rings is 3. The highest BCUT2D eigenvalue weighted by Crippen LogP contribution is 2.46. The third-order valence-corrected chi connectivity index (χ3v) is 8.46. The van der Waals surface area contributed by atoms with Gasteiger partial charge in [0, 0.05) is 74.1 Å². The van der Waals surface area contributed by atoms with Gasteiger partial charge in [-0.15, -0.1) is 0 Å². The quantitative estimate of drug-likeness (QED) is 0.186. The average molecular weight is 648 g/mol. The average Bonchev–Trinajstić information content (AvgIpc) is 3.05. The third-order valence-electron chi connectivity index (χ3n) is 8.21. The molecule has 1 aliphatic heterocycles. The number of aldehydes is 2. The molecule has 0 saturated carbocycles. The SMILES string of the molecule is CC.CO.CO[C@](c1ccc(Cl)cc1)(c1c(F)cc([C@@](C)(O)C2(F)CCOCC2)cc1C=O)N(C)Cc1ccc(C)cc1C=O. The fourth-order valence-corrected chi connectivity index (χ4v) is 5.87. The summed E-state index contributed by atoms with van der Waals surface area (Å²) in [5.74, 6) is -0.872. The van der Waals surface area contributed by atoms with E-state index in [4.69, 9.17) is 26.2 Å². The van der Waals surface area contributed by atoms with Crippen LogP contribution in [0.3, 0.4) is 0 Å². The maximum atomic E-state index is 16.5. The summed E-state index contributed by atoms with van der Waals surface area (Å²) in [6, 6.07) is 14.4. The lowest BCUT2D eigenvalue weighted by Gasteiger charge is -2.44. The van der Waals surface area contributed by atoms with E-state index in [2.05, 4.69) is 0 Å². The van der Waals surface area contributed by atoms with Crippen LogP contribution in [0.25, 0.3) is 0 Å². The Balaban J connectivity index is 0.00000169. The van der Waals surface area contributed by atoms with Gasteiger partial charge in [0.05, 0.1) is 0 Å².